The first-order chi connectivity index (χ1) is 9.13. The van der Waals surface area contributed by atoms with Crippen LogP contribution in [0.15, 0.2) is 16.6 Å². The molecule has 2 rings (SSSR count). The molecule has 5 nitrogen and oxygen atoms in total. The molecule has 1 aliphatic heterocycles. The van der Waals surface area contributed by atoms with Crippen molar-refractivity contribution in [3.63, 3.8) is 0 Å². The Labute approximate surface area is 116 Å². The molecule has 0 aromatic carbocycles. The molecule has 1 aromatic rings. The van der Waals surface area contributed by atoms with Crippen LogP contribution in [0.5, 0.6) is 0 Å². The maximum atomic E-state index is 12.3. The van der Waals surface area contributed by atoms with Gasteiger partial charge in [0.05, 0.1) is 0 Å². The lowest BCUT2D eigenvalue weighted by molar-refractivity contribution is -0.140. The Balaban J connectivity index is 2.21. The van der Waals surface area contributed by atoms with E-state index in [1.54, 1.807) is 4.90 Å². The minimum atomic E-state index is -0.372. The maximum absolute atomic E-state index is 12.3. The smallest absolute Gasteiger partial charge is 0.271 e. The molecule has 0 bridgehead atoms. The van der Waals surface area contributed by atoms with Crippen LogP contribution in [0.25, 0.3) is 0 Å². The minimum Gasteiger partial charge on any atom is -0.331 e. The molecular formula is C13H19N3O2S. The number of thiazole rings is 1. The highest BCUT2D eigenvalue weighted by atomic mass is 32.1. The normalized spacial score (nSPS) is 20.6. The van der Waals surface area contributed by atoms with Crippen LogP contribution in [-0.2, 0) is 16.6 Å². The summed E-state index contributed by atoms with van der Waals surface area (Å²) in [4.78, 5) is 30.7. The number of piperidine rings is 1. The van der Waals surface area contributed by atoms with Crippen LogP contribution in [0.1, 0.15) is 32.6 Å². The summed E-state index contributed by atoms with van der Waals surface area (Å²) >= 11 is 1.43. The van der Waals surface area contributed by atoms with Gasteiger partial charge in [-0.25, -0.2) is 0 Å². The van der Waals surface area contributed by atoms with Gasteiger partial charge in [-0.1, -0.05) is 6.92 Å². The predicted octanol–water partition coefficient (Wildman–Crippen LogP) is 1.30. The fourth-order valence-corrected chi connectivity index (χ4v) is 3.03. The average Bonchev–Trinajstić information content (AvgIpc) is 2.83. The summed E-state index contributed by atoms with van der Waals surface area (Å²) in [7, 11) is 1.86. The lowest BCUT2D eigenvalue weighted by atomic mass is 10.0. The third-order valence-corrected chi connectivity index (χ3v) is 4.22. The summed E-state index contributed by atoms with van der Waals surface area (Å²) in [5, 5.41) is 1.89. The van der Waals surface area contributed by atoms with Gasteiger partial charge in [0.2, 0.25) is 5.91 Å². The minimum absolute atomic E-state index is 0.0452. The third-order valence-electron chi connectivity index (χ3n) is 3.38. The van der Waals surface area contributed by atoms with E-state index < -0.39 is 0 Å². The van der Waals surface area contributed by atoms with E-state index in [4.69, 9.17) is 0 Å². The van der Waals surface area contributed by atoms with Gasteiger partial charge in [-0.3, -0.25) is 9.59 Å². The quantitative estimate of drug-likeness (QED) is 0.820. The zero-order chi connectivity index (χ0) is 13.8. The molecule has 6 heteroatoms. The topological polar surface area (TPSA) is 54.7 Å². The first-order valence-corrected chi connectivity index (χ1v) is 7.49. The van der Waals surface area contributed by atoms with Crippen LogP contribution >= 0.6 is 11.3 Å². The number of rotatable bonds is 2. The van der Waals surface area contributed by atoms with Crippen molar-refractivity contribution in [2.75, 3.05) is 6.54 Å². The summed E-state index contributed by atoms with van der Waals surface area (Å²) in [5.41, 5.74) is 0. The van der Waals surface area contributed by atoms with E-state index in [-0.39, 0.29) is 17.9 Å². The van der Waals surface area contributed by atoms with Gasteiger partial charge in [-0.15, -0.1) is 11.3 Å². The van der Waals surface area contributed by atoms with E-state index in [0.29, 0.717) is 17.8 Å². The number of aryl methyl sites for hydroxylation is 1. The molecular weight excluding hydrogens is 262 g/mol. The average molecular weight is 281 g/mol. The van der Waals surface area contributed by atoms with Crippen molar-refractivity contribution in [3.8, 4) is 0 Å². The largest absolute Gasteiger partial charge is 0.331 e. The lowest BCUT2D eigenvalue weighted by Crippen LogP contribution is -2.47. The predicted molar refractivity (Wildman–Crippen MR) is 73.5 cm³/mol. The summed E-state index contributed by atoms with van der Waals surface area (Å²) < 4.78 is 1.82. The number of amides is 2. The second-order valence-corrected chi connectivity index (χ2v) is 5.57. The molecule has 0 saturated carbocycles. The van der Waals surface area contributed by atoms with E-state index in [0.717, 1.165) is 19.3 Å². The van der Waals surface area contributed by atoms with E-state index in [2.05, 4.69) is 4.99 Å². The Bertz CT molecular complexity index is 532. The number of carbonyl (C=O) groups excluding carboxylic acids is 2. The molecule has 1 saturated heterocycles. The molecule has 2 amide bonds. The SMILES string of the molecule is CCC(=O)N1CCCCC1C(=O)N=c1sccn1C. The van der Waals surface area contributed by atoms with Crippen LogP contribution in [0, 0.1) is 0 Å². The van der Waals surface area contributed by atoms with Gasteiger partial charge in [0.25, 0.3) is 5.91 Å². The summed E-state index contributed by atoms with van der Waals surface area (Å²) in [6.45, 7) is 2.50. The van der Waals surface area contributed by atoms with Crippen LogP contribution in [-0.4, -0.2) is 33.9 Å². The number of nitrogens with zero attached hydrogens (tertiary/aromatic N) is 3. The second-order valence-electron chi connectivity index (χ2n) is 4.70. The maximum Gasteiger partial charge on any atom is 0.271 e. The first-order valence-electron chi connectivity index (χ1n) is 6.61. The number of aromatic nitrogens is 1. The van der Waals surface area contributed by atoms with Crippen molar-refractivity contribution in [1.29, 1.82) is 0 Å². The van der Waals surface area contributed by atoms with Gasteiger partial charge in [-0.05, 0) is 19.3 Å². The highest BCUT2D eigenvalue weighted by molar-refractivity contribution is 7.07. The first kappa shape index (κ1) is 14.0. The molecule has 104 valence electrons. The molecule has 1 aliphatic rings. The van der Waals surface area contributed by atoms with E-state index in [1.165, 1.54) is 11.3 Å². The number of hydrogen-bond donors (Lipinski definition) is 0. The van der Waals surface area contributed by atoms with Gasteiger partial charge in [0.15, 0.2) is 4.80 Å². The molecule has 1 atom stereocenters. The molecule has 0 spiro atoms. The van der Waals surface area contributed by atoms with Crippen molar-refractivity contribution in [3.05, 3.63) is 16.4 Å². The van der Waals surface area contributed by atoms with Gasteiger partial charge in [0.1, 0.15) is 6.04 Å². The molecule has 0 aliphatic carbocycles. The molecule has 1 unspecified atom stereocenters. The van der Waals surface area contributed by atoms with Gasteiger partial charge >= 0.3 is 0 Å². The monoisotopic (exact) mass is 281 g/mol. The summed E-state index contributed by atoms with van der Waals surface area (Å²) in [6.07, 6.45) is 4.99. The Hall–Kier alpha value is -1.43. The number of carbonyl (C=O) groups is 2. The van der Waals surface area contributed by atoms with Crippen molar-refractivity contribution < 1.29 is 9.59 Å². The Morgan fingerprint density at radius 1 is 1.47 bits per heavy atom. The highest BCUT2D eigenvalue weighted by Gasteiger charge is 2.31. The van der Waals surface area contributed by atoms with Crippen molar-refractivity contribution in [2.24, 2.45) is 12.0 Å². The van der Waals surface area contributed by atoms with Crippen LogP contribution in [0.2, 0.25) is 0 Å². The molecule has 1 aromatic heterocycles. The standard InChI is InChI=1S/C13H19N3O2S/c1-3-11(17)16-7-5-4-6-10(16)12(18)14-13-15(2)8-9-19-13/h8-10H,3-7H2,1-2H3. The van der Waals surface area contributed by atoms with Crippen molar-refractivity contribution in [2.45, 2.75) is 38.6 Å². The lowest BCUT2D eigenvalue weighted by Gasteiger charge is -2.33. The fourth-order valence-electron chi connectivity index (χ4n) is 2.29. The summed E-state index contributed by atoms with van der Waals surface area (Å²) in [6, 6.07) is -0.372. The second kappa shape index (κ2) is 6.14. The Morgan fingerprint density at radius 3 is 2.89 bits per heavy atom. The number of hydrogen-bond acceptors (Lipinski definition) is 3. The Morgan fingerprint density at radius 2 is 2.26 bits per heavy atom. The molecule has 0 N–H and O–H groups in total. The zero-order valence-electron chi connectivity index (χ0n) is 11.3. The van der Waals surface area contributed by atoms with Crippen LogP contribution in [0.3, 0.4) is 0 Å². The molecule has 19 heavy (non-hydrogen) atoms. The van der Waals surface area contributed by atoms with E-state index in [9.17, 15) is 9.59 Å². The fraction of sp³-hybridized carbons (Fsp3) is 0.615. The van der Waals surface area contributed by atoms with Crippen molar-refractivity contribution in [1.82, 2.24) is 9.47 Å². The van der Waals surface area contributed by atoms with E-state index in [1.807, 2.05) is 30.1 Å². The zero-order valence-corrected chi connectivity index (χ0v) is 12.2. The van der Waals surface area contributed by atoms with Gasteiger partial charge in [-0.2, -0.15) is 4.99 Å². The highest BCUT2D eigenvalue weighted by Crippen LogP contribution is 2.19. The molecule has 2 heterocycles. The summed E-state index contributed by atoms with van der Waals surface area (Å²) in [5.74, 6) is -0.150. The van der Waals surface area contributed by atoms with E-state index >= 15 is 0 Å². The van der Waals surface area contributed by atoms with Crippen LogP contribution < -0.4 is 4.80 Å². The van der Waals surface area contributed by atoms with Crippen LogP contribution in [0.4, 0.5) is 0 Å². The third kappa shape index (κ3) is 3.12. The molecule has 0 radical (unpaired) electrons. The van der Waals surface area contributed by atoms with Gasteiger partial charge in [0, 0.05) is 31.6 Å². The van der Waals surface area contributed by atoms with Gasteiger partial charge < -0.3 is 9.47 Å². The number of likely N-dealkylation sites (tertiary alicyclic amines) is 1. The Kier molecular flexibility index (Phi) is 4.52. The molecule has 1 fully saturated rings. The van der Waals surface area contributed by atoms with Crippen molar-refractivity contribution >= 4 is 23.2 Å².